The first-order valence-electron chi connectivity index (χ1n) is 7.93. The van der Waals surface area contributed by atoms with Crippen molar-refractivity contribution in [1.82, 2.24) is 15.1 Å². The Balaban J connectivity index is 1.74. The third kappa shape index (κ3) is 2.44. The number of aryl methyl sites for hydroxylation is 1. The standard InChI is InChI=1S/C17H22N4/c1-13-2-6-15(7-3-13)21-17(14-4-5-14)16(12-19-21)20-10-8-18-9-11-20/h2-3,6-7,12,14,18H,4-5,8-11H2,1H3. The molecule has 2 aromatic rings. The molecule has 1 N–H and O–H groups in total. The first-order valence-corrected chi connectivity index (χ1v) is 7.93. The monoisotopic (exact) mass is 282 g/mol. The summed E-state index contributed by atoms with van der Waals surface area (Å²) in [7, 11) is 0. The van der Waals surface area contributed by atoms with Crippen LogP contribution >= 0.6 is 0 Å². The summed E-state index contributed by atoms with van der Waals surface area (Å²) in [5, 5.41) is 8.13. The Hall–Kier alpha value is -1.81. The van der Waals surface area contributed by atoms with Gasteiger partial charge in [0, 0.05) is 32.1 Å². The van der Waals surface area contributed by atoms with Crippen LogP contribution in [0.1, 0.15) is 30.0 Å². The smallest absolute Gasteiger partial charge is 0.0793 e. The second kappa shape index (κ2) is 5.19. The predicted molar refractivity (Wildman–Crippen MR) is 85.4 cm³/mol. The highest BCUT2D eigenvalue weighted by Crippen LogP contribution is 2.45. The molecule has 4 nitrogen and oxygen atoms in total. The van der Waals surface area contributed by atoms with E-state index >= 15 is 0 Å². The van der Waals surface area contributed by atoms with Crippen molar-refractivity contribution < 1.29 is 0 Å². The minimum absolute atomic E-state index is 0.693. The van der Waals surface area contributed by atoms with Gasteiger partial charge in [-0.3, -0.25) is 0 Å². The van der Waals surface area contributed by atoms with Crippen molar-refractivity contribution in [2.75, 3.05) is 31.1 Å². The Labute approximate surface area is 125 Å². The molecule has 0 bridgehead atoms. The van der Waals surface area contributed by atoms with Gasteiger partial charge in [0.05, 0.1) is 23.3 Å². The number of nitrogens with zero attached hydrogens (tertiary/aromatic N) is 3. The zero-order chi connectivity index (χ0) is 14.2. The number of rotatable bonds is 3. The molecule has 110 valence electrons. The van der Waals surface area contributed by atoms with Crippen LogP contribution in [0.2, 0.25) is 0 Å². The van der Waals surface area contributed by atoms with Crippen molar-refractivity contribution in [3.63, 3.8) is 0 Å². The molecule has 1 saturated heterocycles. The van der Waals surface area contributed by atoms with Crippen molar-refractivity contribution in [3.05, 3.63) is 41.7 Å². The van der Waals surface area contributed by atoms with Gasteiger partial charge in [0.15, 0.2) is 0 Å². The van der Waals surface area contributed by atoms with Crippen molar-refractivity contribution >= 4 is 5.69 Å². The second-order valence-corrected chi connectivity index (χ2v) is 6.17. The van der Waals surface area contributed by atoms with Crippen LogP contribution < -0.4 is 10.2 Å². The lowest BCUT2D eigenvalue weighted by Gasteiger charge is -2.29. The van der Waals surface area contributed by atoms with Gasteiger partial charge in [-0.2, -0.15) is 5.10 Å². The quantitative estimate of drug-likeness (QED) is 0.939. The fraction of sp³-hybridized carbons (Fsp3) is 0.471. The molecule has 1 aromatic heterocycles. The van der Waals surface area contributed by atoms with E-state index in [0.717, 1.165) is 26.2 Å². The lowest BCUT2D eigenvalue weighted by atomic mass is 10.2. The maximum Gasteiger partial charge on any atom is 0.0793 e. The molecule has 4 heteroatoms. The van der Waals surface area contributed by atoms with E-state index in [1.54, 1.807) is 0 Å². The predicted octanol–water partition coefficient (Wildman–Crippen LogP) is 2.47. The lowest BCUT2D eigenvalue weighted by molar-refractivity contribution is 0.587. The number of hydrogen-bond acceptors (Lipinski definition) is 3. The third-order valence-electron chi connectivity index (χ3n) is 4.49. The molecule has 0 atom stereocenters. The molecule has 0 spiro atoms. The van der Waals surface area contributed by atoms with E-state index in [2.05, 4.69) is 52.3 Å². The van der Waals surface area contributed by atoms with Gasteiger partial charge >= 0.3 is 0 Å². The highest BCUT2D eigenvalue weighted by Gasteiger charge is 2.32. The fourth-order valence-electron chi connectivity index (χ4n) is 3.13. The molecule has 0 amide bonds. The molecule has 1 aliphatic carbocycles. The SMILES string of the molecule is Cc1ccc(-n2ncc(N3CCNCC3)c2C2CC2)cc1. The summed E-state index contributed by atoms with van der Waals surface area (Å²) < 4.78 is 2.16. The average Bonchev–Trinajstić information content (AvgIpc) is 3.28. The number of piperazine rings is 1. The Morgan fingerprint density at radius 2 is 1.81 bits per heavy atom. The van der Waals surface area contributed by atoms with E-state index in [4.69, 9.17) is 5.10 Å². The molecular weight excluding hydrogens is 260 g/mol. The van der Waals surface area contributed by atoms with Crippen molar-refractivity contribution in [2.24, 2.45) is 0 Å². The van der Waals surface area contributed by atoms with Crippen LogP contribution in [0, 0.1) is 6.92 Å². The Morgan fingerprint density at radius 3 is 2.48 bits per heavy atom. The van der Waals surface area contributed by atoms with E-state index in [0.29, 0.717) is 5.92 Å². The van der Waals surface area contributed by atoms with Crippen LogP contribution in [0.3, 0.4) is 0 Å². The Morgan fingerprint density at radius 1 is 1.10 bits per heavy atom. The molecule has 1 aliphatic heterocycles. The van der Waals surface area contributed by atoms with E-state index < -0.39 is 0 Å². The van der Waals surface area contributed by atoms with Crippen LogP contribution in [-0.4, -0.2) is 36.0 Å². The van der Waals surface area contributed by atoms with Crippen LogP contribution in [0.25, 0.3) is 5.69 Å². The van der Waals surface area contributed by atoms with Gasteiger partial charge in [-0.1, -0.05) is 17.7 Å². The van der Waals surface area contributed by atoms with Gasteiger partial charge in [-0.05, 0) is 31.9 Å². The van der Waals surface area contributed by atoms with Crippen molar-refractivity contribution in [3.8, 4) is 5.69 Å². The van der Waals surface area contributed by atoms with Gasteiger partial charge in [-0.25, -0.2) is 4.68 Å². The maximum atomic E-state index is 4.71. The summed E-state index contributed by atoms with van der Waals surface area (Å²) in [5.41, 5.74) is 5.24. The Kier molecular flexibility index (Phi) is 3.19. The van der Waals surface area contributed by atoms with Gasteiger partial charge < -0.3 is 10.2 Å². The van der Waals surface area contributed by atoms with Crippen LogP contribution in [0.15, 0.2) is 30.5 Å². The minimum Gasteiger partial charge on any atom is -0.366 e. The number of anilines is 1. The number of hydrogen-bond donors (Lipinski definition) is 1. The van der Waals surface area contributed by atoms with Gasteiger partial charge in [0.1, 0.15) is 0 Å². The van der Waals surface area contributed by atoms with Crippen molar-refractivity contribution in [1.29, 1.82) is 0 Å². The summed E-state index contributed by atoms with van der Waals surface area (Å²) >= 11 is 0. The average molecular weight is 282 g/mol. The summed E-state index contributed by atoms with van der Waals surface area (Å²) in [6.07, 6.45) is 4.67. The highest BCUT2D eigenvalue weighted by atomic mass is 15.3. The maximum absolute atomic E-state index is 4.71. The number of benzene rings is 1. The topological polar surface area (TPSA) is 33.1 Å². The molecule has 21 heavy (non-hydrogen) atoms. The summed E-state index contributed by atoms with van der Waals surface area (Å²) in [6, 6.07) is 8.68. The molecule has 2 fully saturated rings. The molecule has 1 aromatic carbocycles. The van der Waals surface area contributed by atoms with Crippen LogP contribution in [0.5, 0.6) is 0 Å². The molecule has 2 aliphatic rings. The van der Waals surface area contributed by atoms with E-state index in [1.807, 2.05) is 0 Å². The fourth-order valence-corrected chi connectivity index (χ4v) is 3.13. The van der Waals surface area contributed by atoms with E-state index in [1.165, 1.54) is 35.5 Å². The Bertz CT molecular complexity index is 619. The van der Waals surface area contributed by atoms with Gasteiger partial charge in [0.25, 0.3) is 0 Å². The van der Waals surface area contributed by atoms with E-state index in [9.17, 15) is 0 Å². The van der Waals surface area contributed by atoms with Crippen molar-refractivity contribution in [2.45, 2.75) is 25.7 Å². The molecule has 0 unspecified atom stereocenters. The molecule has 0 radical (unpaired) electrons. The normalized spacial score (nSPS) is 19.0. The van der Waals surface area contributed by atoms with Gasteiger partial charge in [0.2, 0.25) is 0 Å². The minimum atomic E-state index is 0.693. The van der Waals surface area contributed by atoms with Gasteiger partial charge in [-0.15, -0.1) is 0 Å². The first-order chi connectivity index (χ1) is 10.3. The summed E-state index contributed by atoms with van der Waals surface area (Å²) in [6.45, 7) is 6.43. The lowest BCUT2D eigenvalue weighted by Crippen LogP contribution is -2.43. The number of aromatic nitrogens is 2. The second-order valence-electron chi connectivity index (χ2n) is 6.17. The summed E-state index contributed by atoms with van der Waals surface area (Å²) in [5.74, 6) is 0.693. The zero-order valence-corrected chi connectivity index (χ0v) is 12.5. The first kappa shape index (κ1) is 12.9. The summed E-state index contributed by atoms with van der Waals surface area (Å²) in [4.78, 5) is 2.49. The van der Waals surface area contributed by atoms with E-state index in [-0.39, 0.29) is 0 Å². The third-order valence-corrected chi connectivity index (χ3v) is 4.49. The van der Waals surface area contributed by atoms with Crippen LogP contribution in [-0.2, 0) is 0 Å². The molecule has 2 heterocycles. The highest BCUT2D eigenvalue weighted by molar-refractivity contribution is 5.55. The largest absolute Gasteiger partial charge is 0.366 e. The van der Waals surface area contributed by atoms with Crippen LogP contribution in [0.4, 0.5) is 5.69 Å². The molecule has 1 saturated carbocycles. The number of nitrogens with one attached hydrogen (secondary N) is 1. The zero-order valence-electron chi connectivity index (χ0n) is 12.5. The molecular formula is C17H22N4. The molecule has 4 rings (SSSR count).